The molecule has 0 aliphatic carbocycles. The number of allylic oxidation sites excluding steroid dienone is 1. The molecule has 1 rings (SSSR count). The first-order valence-corrected chi connectivity index (χ1v) is 7.37. The summed E-state index contributed by atoms with van der Waals surface area (Å²) < 4.78 is 6.00. The van der Waals surface area contributed by atoms with Crippen molar-refractivity contribution >= 4 is 17.5 Å². The summed E-state index contributed by atoms with van der Waals surface area (Å²) in [4.78, 5) is 11.0. The Morgan fingerprint density at radius 1 is 1.32 bits per heavy atom. The molecule has 1 aromatic carbocycles. The highest BCUT2D eigenvalue weighted by atomic mass is 16.5. The second kappa shape index (κ2) is 8.22. The van der Waals surface area contributed by atoms with E-state index in [4.69, 9.17) is 4.74 Å². The number of hydrazone groups is 1. The number of nitrogens with one attached hydrogen (secondary N) is 2. The molecule has 5 heteroatoms. The zero-order valence-electron chi connectivity index (χ0n) is 13.9. The molecule has 1 aromatic rings. The monoisotopic (exact) mass is 303 g/mol. The number of hydrogen-bond acceptors (Lipinski definition) is 4. The normalized spacial score (nSPS) is 12.3. The Hall–Kier alpha value is -2.30. The van der Waals surface area contributed by atoms with Gasteiger partial charge in [0.2, 0.25) is 11.8 Å². The van der Waals surface area contributed by atoms with E-state index in [9.17, 15) is 4.79 Å². The van der Waals surface area contributed by atoms with Crippen LogP contribution in [0.4, 0.5) is 5.69 Å². The Balaban J connectivity index is 2.94. The number of amides is 1. The van der Waals surface area contributed by atoms with Crippen molar-refractivity contribution in [2.45, 2.75) is 39.7 Å². The molecule has 0 spiro atoms. The van der Waals surface area contributed by atoms with Gasteiger partial charge in [0, 0.05) is 25.2 Å². The molecule has 0 atom stereocenters. The highest BCUT2D eigenvalue weighted by molar-refractivity contribution is 5.95. The number of carbonyl (C=O) groups excluding carboxylic acids is 1. The lowest BCUT2D eigenvalue weighted by atomic mass is 10.1. The molecule has 0 unspecified atom stereocenters. The SMILES string of the molecule is CC/C=C\C(C)(C)O/C(=N\NC)c1ccc(NC(C)=O)cc1. The van der Waals surface area contributed by atoms with Gasteiger partial charge in [0.1, 0.15) is 5.60 Å². The van der Waals surface area contributed by atoms with E-state index in [1.54, 1.807) is 7.05 Å². The van der Waals surface area contributed by atoms with Crippen LogP contribution in [0.5, 0.6) is 0 Å². The van der Waals surface area contributed by atoms with Crippen LogP contribution in [0.25, 0.3) is 0 Å². The van der Waals surface area contributed by atoms with Gasteiger partial charge in [-0.15, -0.1) is 5.10 Å². The fourth-order valence-electron chi connectivity index (χ4n) is 1.83. The molecule has 0 fully saturated rings. The maximum absolute atomic E-state index is 11.0. The average Bonchev–Trinajstić information content (AvgIpc) is 2.45. The van der Waals surface area contributed by atoms with E-state index in [0.29, 0.717) is 5.90 Å². The third kappa shape index (κ3) is 5.99. The average molecular weight is 303 g/mol. The van der Waals surface area contributed by atoms with Crippen molar-refractivity contribution in [2.75, 3.05) is 12.4 Å². The first-order valence-electron chi connectivity index (χ1n) is 7.37. The number of benzene rings is 1. The highest BCUT2D eigenvalue weighted by Crippen LogP contribution is 2.17. The van der Waals surface area contributed by atoms with Gasteiger partial charge in [-0.25, -0.2) is 0 Å². The van der Waals surface area contributed by atoms with E-state index in [1.165, 1.54) is 6.92 Å². The van der Waals surface area contributed by atoms with Gasteiger partial charge in [0.25, 0.3) is 0 Å². The summed E-state index contributed by atoms with van der Waals surface area (Å²) in [6, 6.07) is 7.36. The summed E-state index contributed by atoms with van der Waals surface area (Å²) in [6.45, 7) is 7.52. The van der Waals surface area contributed by atoms with Gasteiger partial charge in [0.15, 0.2) is 0 Å². The summed E-state index contributed by atoms with van der Waals surface area (Å²) in [7, 11) is 1.73. The van der Waals surface area contributed by atoms with Gasteiger partial charge >= 0.3 is 0 Å². The van der Waals surface area contributed by atoms with Crippen LogP contribution in [0.1, 0.15) is 39.7 Å². The van der Waals surface area contributed by atoms with Crippen LogP contribution < -0.4 is 10.7 Å². The van der Waals surface area contributed by atoms with Gasteiger partial charge in [-0.05, 0) is 50.6 Å². The van der Waals surface area contributed by atoms with E-state index < -0.39 is 5.60 Å². The minimum absolute atomic E-state index is 0.0982. The molecule has 5 nitrogen and oxygen atoms in total. The maximum atomic E-state index is 11.0. The molecular weight excluding hydrogens is 278 g/mol. The lowest BCUT2D eigenvalue weighted by molar-refractivity contribution is -0.114. The summed E-state index contributed by atoms with van der Waals surface area (Å²) in [5.41, 5.74) is 3.88. The van der Waals surface area contributed by atoms with Crippen LogP contribution in [0.3, 0.4) is 0 Å². The molecule has 1 amide bonds. The zero-order valence-corrected chi connectivity index (χ0v) is 13.9. The molecule has 0 aliphatic heterocycles. The minimum Gasteiger partial charge on any atom is -0.466 e. The fraction of sp³-hybridized carbons (Fsp3) is 0.412. The van der Waals surface area contributed by atoms with Crippen molar-refractivity contribution in [3.8, 4) is 0 Å². The van der Waals surface area contributed by atoms with E-state index in [2.05, 4.69) is 28.8 Å². The quantitative estimate of drug-likeness (QED) is 0.367. The van der Waals surface area contributed by atoms with Crippen molar-refractivity contribution in [1.82, 2.24) is 5.43 Å². The molecular formula is C17H25N3O2. The van der Waals surface area contributed by atoms with Gasteiger partial charge in [0.05, 0.1) is 0 Å². The maximum Gasteiger partial charge on any atom is 0.238 e. The number of ether oxygens (including phenoxy) is 1. The van der Waals surface area contributed by atoms with Crippen molar-refractivity contribution in [2.24, 2.45) is 5.10 Å². The Labute approximate surface area is 132 Å². The van der Waals surface area contributed by atoms with Gasteiger partial charge in [-0.3, -0.25) is 4.79 Å². The Morgan fingerprint density at radius 3 is 2.45 bits per heavy atom. The number of rotatable bonds is 6. The molecule has 0 bridgehead atoms. The minimum atomic E-state index is -0.456. The van der Waals surface area contributed by atoms with E-state index in [1.807, 2.05) is 44.2 Å². The van der Waals surface area contributed by atoms with Gasteiger partial charge < -0.3 is 15.5 Å². The number of anilines is 1. The third-order valence-electron chi connectivity index (χ3n) is 2.78. The van der Waals surface area contributed by atoms with Crippen molar-refractivity contribution in [3.63, 3.8) is 0 Å². The van der Waals surface area contributed by atoms with Crippen molar-refractivity contribution in [1.29, 1.82) is 0 Å². The topological polar surface area (TPSA) is 62.7 Å². The molecule has 0 radical (unpaired) electrons. The molecule has 120 valence electrons. The van der Waals surface area contributed by atoms with Crippen LogP contribution in [-0.2, 0) is 9.53 Å². The molecule has 0 heterocycles. The molecule has 0 saturated heterocycles. The largest absolute Gasteiger partial charge is 0.466 e. The van der Waals surface area contributed by atoms with Crippen LogP contribution in [-0.4, -0.2) is 24.5 Å². The smallest absolute Gasteiger partial charge is 0.238 e. The summed E-state index contributed by atoms with van der Waals surface area (Å²) >= 11 is 0. The van der Waals surface area contributed by atoms with E-state index in [-0.39, 0.29) is 5.91 Å². The predicted molar refractivity (Wildman–Crippen MR) is 90.9 cm³/mol. The van der Waals surface area contributed by atoms with Crippen LogP contribution >= 0.6 is 0 Å². The number of carbonyl (C=O) groups is 1. The predicted octanol–water partition coefficient (Wildman–Crippen LogP) is 3.29. The summed E-state index contributed by atoms with van der Waals surface area (Å²) in [6.07, 6.45) is 5.04. The van der Waals surface area contributed by atoms with Gasteiger partial charge in [-0.2, -0.15) is 0 Å². The zero-order chi connectivity index (χ0) is 16.6. The van der Waals surface area contributed by atoms with E-state index >= 15 is 0 Å². The Kier molecular flexibility index (Phi) is 6.63. The summed E-state index contributed by atoms with van der Waals surface area (Å²) in [5.74, 6) is 0.404. The fourth-order valence-corrected chi connectivity index (χ4v) is 1.83. The number of hydrogen-bond donors (Lipinski definition) is 2. The van der Waals surface area contributed by atoms with Crippen molar-refractivity contribution in [3.05, 3.63) is 42.0 Å². The highest BCUT2D eigenvalue weighted by Gasteiger charge is 2.19. The van der Waals surface area contributed by atoms with Crippen molar-refractivity contribution < 1.29 is 9.53 Å². The van der Waals surface area contributed by atoms with E-state index in [0.717, 1.165) is 17.7 Å². The molecule has 2 N–H and O–H groups in total. The van der Waals surface area contributed by atoms with Crippen LogP contribution in [0.15, 0.2) is 41.5 Å². The van der Waals surface area contributed by atoms with Crippen LogP contribution in [0, 0.1) is 0 Å². The third-order valence-corrected chi connectivity index (χ3v) is 2.78. The first kappa shape index (κ1) is 17.8. The first-order chi connectivity index (χ1) is 10.4. The molecule has 22 heavy (non-hydrogen) atoms. The van der Waals surface area contributed by atoms with Gasteiger partial charge in [-0.1, -0.05) is 13.0 Å². The Morgan fingerprint density at radius 2 is 1.95 bits per heavy atom. The molecule has 0 saturated carbocycles. The lowest BCUT2D eigenvalue weighted by Gasteiger charge is -2.24. The summed E-state index contributed by atoms with van der Waals surface area (Å²) in [5, 5.41) is 6.93. The molecule has 0 aliphatic rings. The molecule has 0 aromatic heterocycles. The standard InChI is InChI=1S/C17H25N3O2/c1-6-7-12-17(3,4)22-16(20-18-5)14-8-10-15(11-9-14)19-13(2)21/h7-12,18H,6H2,1-5H3,(H,19,21)/b12-7-,20-16-. The number of nitrogens with zero attached hydrogens (tertiary/aromatic N) is 1. The Bertz CT molecular complexity index is 546. The second-order valence-electron chi connectivity index (χ2n) is 5.42. The van der Waals surface area contributed by atoms with Crippen LogP contribution in [0.2, 0.25) is 0 Å². The lowest BCUT2D eigenvalue weighted by Crippen LogP contribution is -2.27. The second-order valence-corrected chi connectivity index (χ2v) is 5.42.